The van der Waals surface area contributed by atoms with Crippen LogP contribution in [-0.4, -0.2) is 40.8 Å². The molecule has 0 saturated carbocycles. The van der Waals surface area contributed by atoms with Crippen LogP contribution in [0.15, 0.2) is 6.20 Å². The Kier molecular flexibility index (Phi) is 4.19. The first-order chi connectivity index (χ1) is 9.06. The zero-order chi connectivity index (χ0) is 13.8. The lowest BCUT2D eigenvalue weighted by Gasteiger charge is -2.33. The first-order valence-corrected chi connectivity index (χ1v) is 6.58. The second-order valence-electron chi connectivity index (χ2n) is 5.04. The lowest BCUT2D eigenvalue weighted by Crippen LogP contribution is -2.39. The standard InChI is InChI=1S/C13H20N4O2/c1-9-7-14-10(2)12(16-9)17-5-3-11(4-6-17)8-15-13(18)19/h7,11,15H,3-6,8H2,1-2H3,(H,18,19). The number of amides is 1. The van der Waals surface area contributed by atoms with Crippen molar-refractivity contribution in [3.05, 3.63) is 17.6 Å². The zero-order valence-corrected chi connectivity index (χ0v) is 11.4. The number of hydrogen-bond acceptors (Lipinski definition) is 4. The quantitative estimate of drug-likeness (QED) is 0.866. The van der Waals surface area contributed by atoms with E-state index in [9.17, 15) is 4.79 Å². The predicted octanol–water partition coefficient (Wildman–Crippen LogP) is 1.58. The summed E-state index contributed by atoms with van der Waals surface area (Å²) in [5, 5.41) is 11.1. The maximum absolute atomic E-state index is 10.5. The maximum Gasteiger partial charge on any atom is 0.404 e. The molecule has 1 aliphatic rings. The average Bonchev–Trinajstić information content (AvgIpc) is 2.40. The largest absolute Gasteiger partial charge is 0.465 e. The number of hydrogen-bond donors (Lipinski definition) is 2. The number of carbonyl (C=O) groups is 1. The second-order valence-corrected chi connectivity index (χ2v) is 5.04. The van der Waals surface area contributed by atoms with Crippen LogP contribution in [0.3, 0.4) is 0 Å². The molecule has 0 spiro atoms. The van der Waals surface area contributed by atoms with Crippen LogP contribution >= 0.6 is 0 Å². The Balaban J connectivity index is 1.92. The summed E-state index contributed by atoms with van der Waals surface area (Å²) in [5.41, 5.74) is 1.88. The molecule has 1 amide bonds. The summed E-state index contributed by atoms with van der Waals surface area (Å²) in [6.07, 6.45) is 2.80. The Morgan fingerprint density at radius 2 is 2.16 bits per heavy atom. The summed E-state index contributed by atoms with van der Waals surface area (Å²) in [5.74, 6) is 1.38. The number of rotatable bonds is 3. The molecule has 1 aromatic heterocycles. The van der Waals surface area contributed by atoms with Gasteiger partial charge in [-0.2, -0.15) is 0 Å². The highest BCUT2D eigenvalue weighted by Crippen LogP contribution is 2.23. The van der Waals surface area contributed by atoms with Crippen molar-refractivity contribution in [2.45, 2.75) is 26.7 Å². The van der Waals surface area contributed by atoms with Gasteiger partial charge in [0.2, 0.25) is 0 Å². The van der Waals surface area contributed by atoms with Crippen molar-refractivity contribution in [1.82, 2.24) is 15.3 Å². The molecule has 2 heterocycles. The van der Waals surface area contributed by atoms with Crippen molar-refractivity contribution in [2.24, 2.45) is 5.92 Å². The van der Waals surface area contributed by atoms with E-state index in [1.807, 2.05) is 13.8 Å². The highest BCUT2D eigenvalue weighted by molar-refractivity contribution is 5.64. The molecule has 1 aromatic rings. The van der Waals surface area contributed by atoms with Crippen LogP contribution in [0.25, 0.3) is 0 Å². The minimum Gasteiger partial charge on any atom is -0.465 e. The Hall–Kier alpha value is -1.85. The molecule has 1 saturated heterocycles. The number of piperidine rings is 1. The van der Waals surface area contributed by atoms with Crippen LogP contribution in [0.1, 0.15) is 24.2 Å². The van der Waals surface area contributed by atoms with Gasteiger partial charge in [-0.15, -0.1) is 0 Å². The Bertz CT molecular complexity index is 456. The van der Waals surface area contributed by atoms with Gasteiger partial charge in [0.25, 0.3) is 0 Å². The minimum atomic E-state index is -0.942. The average molecular weight is 264 g/mol. The van der Waals surface area contributed by atoms with Gasteiger partial charge in [-0.3, -0.25) is 4.98 Å². The summed E-state index contributed by atoms with van der Waals surface area (Å²) in [6, 6.07) is 0. The third kappa shape index (κ3) is 3.56. The van der Waals surface area contributed by atoms with Gasteiger partial charge >= 0.3 is 6.09 Å². The molecule has 1 aliphatic heterocycles. The molecular weight excluding hydrogens is 244 g/mol. The molecule has 104 valence electrons. The summed E-state index contributed by atoms with van der Waals surface area (Å²) in [7, 11) is 0. The Morgan fingerprint density at radius 3 is 2.79 bits per heavy atom. The van der Waals surface area contributed by atoms with Gasteiger partial charge in [-0.05, 0) is 32.6 Å². The molecule has 6 heteroatoms. The van der Waals surface area contributed by atoms with E-state index < -0.39 is 6.09 Å². The van der Waals surface area contributed by atoms with Gasteiger partial charge in [0.1, 0.15) is 5.82 Å². The van der Waals surface area contributed by atoms with Crippen molar-refractivity contribution in [3.63, 3.8) is 0 Å². The molecule has 0 aromatic carbocycles. The lowest BCUT2D eigenvalue weighted by molar-refractivity contribution is 0.191. The summed E-state index contributed by atoms with van der Waals surface area (Å²) >= 11 is 0. The van der Waals surface area contributed by atoms with E-state index >= 15 is 0 Å². The van der Waals surface area contributed by atoms with Crippen LogP contribution < -0.4 is 10.2 Å². The highest BCUT2D eigenvalue weighted by atomic mass is 16.4. The van der Waals surface area contributed by atoms with E-state index in [0.717, 1.165) is 43.1 Å². The van der Waals surface area contributed by atoms with Crippen molar-refractivity contribution >= 4 is 11.9 Å². The number of nitrogens with zero attached hydrogens (tertiary/aromatic N) is 3. The van der Waals surface area contributed by atoms with E-state index in [4.69, 9.17) is 5.11 Å². The topological polar surface area (TPSA) is 78.4 Å². The number of aryl methyl sites for hydroxylation is 2. The van der Waals surface area contributed by atoms with Gasteiger partial charge in [0, 0.05) is 25.8 Å². The zero-order valence-electron chi connectivity index (χ0n) is 11.4. The molecule has 6 nitrogen and oxygen atoms in total. The summed E-state index contributed by atoms with van der Waals surface area (Å²) in [6.45, 7) is 6.27. The first kappa shape index (κ1) is 13.6. The lowest BCUT2D eigenvalue weighted by atomic mass is 9.97. The molecule has 0 radical (unpaired) electrons. The SMILES string of the molecule is Cc1cnc(C)c(N2CCC(CNC(=O)O)CC2)n1. The molecule has 0 atom stereocenters. The van der Waals surface area contributed by atoms with Crippen molar-refractivity contribution < 1.29 is 9.90 Å². The van der Waals surface area contributed by atoms with E-state index in [-0.39, 0.29) is 0 Å². The monoisotopic (exact) mass is 264 g/mol. The van der Waals surface area contributed by atoms with E-state index in [2.05, 4.69) is 20.2 Å². The molecule has 0 unspecified atom stereocenters. The molecule has 19 heavy (non-hydrogen) atoms. The maximum atomic E-state index is 10.5. The highest BCUT2D eigenvalue weighted by Gasteiger charge is 2.21. The van der Waals surface area contributed by atoms with Crippen molar-refractivity contribution in [2.75, 3.05) is 24.5 Å². The third-order valence-electron chi connectivity index (χ3n) is 3.51. The molecular formula is C13H20N4O2. The first-order valence-electron chi connectivity index (χ1n) is 6.58. The smallest absolute Gasteiger partial charge is 0.404 e. The van der Waals surface area contributed by atoms with Crippen molar-refractivity contribution in [1.29, 1.82) is 0 Å². The van der Waals surface area contributed by atoms with Gasteiger partial charge in [-0.1, -0.05) is 0 Å². The fourth-order valence-corrected chi connectivity index (χ4v) is 2.40. The molecule has 0 aliphatic carbocycles. The minimum absolute atomic E-state index is 0.422. The summed E-state index contributed by atoms with van der Waals surface area (Å²) in [4.78, 5) is 21.6. The van der Waals surface area contributed by atoms with E-state index in [1.54, 1.807) is 6.20 Å². The molecule has 0 bridgehead atoms. The van der Waals surface area contributed by atoms with Crippen LogP contribution in [0.2, 0.25) is 0 Å². The van der Waals surface area contributed by atoms with Gasteiger partial charge < -0.3 is 15.3 Å². The number of aromatic nitrogens is 2. The molecule has 2 rings (SSSR count). The van der Waals surface area contributed by atoms with Gasteiger partial charge in [-0.25, -0.2) is 9.78 Å². The summed E-state index contributed by atoms with van der Waals surface area (Å²) < 4.78 is 0. The van der Waals surface area contributed by atoms with Crippen molar-refractivity contribution in [3.8, 4) is 0 Å². The van der Waals surface area contributed by atoms with Crippen LogP contribution in [0, 0.1) is 19.8 Å². The Labute approximate surface area is 112 Å². The van der Waals surface area contributed by atoms with Crippen LogP contribution in [0.4, 0.5) is 10.6 Å². The molecule has 2 N–H and O–H groups in total. The normalized spacial score (nSPS) is 16.4. The van der Waals surface area contributed by atoms with E-state index in [0.29, 0.717) is 12.5 Å². The fourth-order valence-electron chi connectivity index (χ4n) is 2.40. The van der Waals surface area contributed by atoms with Gasteiger partial charge in [0.05, 0.1) is 11.4 Å². The second kappa shape index (κ2) is 5.86. The van der Waals surface area contributed by atoms with Crippen LogP contribution in [-0.2, 0) is 0 Å². The fraction of sp³-hybridized carbons (Fsp3) is 0.615. The molecule has 1 fully saturated rings. The van der Waals surface area contributed by atoms with E-state index in [1.165, 1.54) is 0 Å². The Morgan fingerprint density at radius 1 is 1.47 bits per heavy atom. The van der Waals surface area contributed by atoms with Crippen LogP contribution in [0.5, 0.6) is 0 Å². The number of anilines is 1. The number of nitrogens with one attached hydrogen (secondary N) is 1. The number of carboxylic acid groups (broad SMARTS) is 1. The third-order valence-corrected chi connectivity index (χ3v) is 3.51. The van der Waals surface area contributed by atoms with Gasteiger partial charge in [0.15, 0.2) is 0 Å². The predicted molar refractivity (Wildman–Crippen MR) is 72.5 cm³/mol.